The summed E-state index contributed by atoms with van der Waals surface area (Å²) in [5.74, 6) is -0.143. The van der Waals surface area contributed by atoms with E-state index in [0.717, 1.165) is 16.3 Å². The van der Waals surface area contributed by atoms with Gasteiger partial charge in [0.25, 0.3) is 0 Å². The van der Waals surface area contributed by atoms with Gasteiger partial charge in [0.2, 0.25) is 0 Å². The monoisotopic (exact) mass is 278 g/mol. The minimum absolute atomic E-state index is 0.210. The first-order valence-corrected chi connectivity index (χ1v) is 6.66. The largest absolute Gasteiger partial charge is 0.508 e. The molecule has 0 bridgehead atoms. The van der Waals surface area contributed by atoms with E-state index in [4.69, 9.17) is 4.74 Å². The zero-order valence-corrected chi connectivity index (χ0v) is 11.3. The molecule has 0 saturated carbocycles. The fraction of sp³-hybridized carbons (Fsp3) is 0.0556. The van der Waals surface area contributed by atoms with Crippen molar-refractivity contribution < 1.29 is 14.6 Å². The van der Waals surface area contributed by atoms with Gasteiger partial charge in [-0.25, -0.2) is 4.79 Å². The smallest absolute Gasteiger partial charge is 0.338 e. The van der Waals surface area contributed by atoms with Crippen molar-refractivity contribution in [1.29, 1.82) is 0 Å². The van der Waals surface area contributed by atoms with Crippen molar-refractivity contribution in [2.75, 3.05) is 0 Å². The molecule has 3 rings (SSSR count). The quantitative estimate of drug-likeness (QED) is 0.739. The summed E-state index contributed by atoms with van der Waals surface area (Å²) in [7, 11) is 0. The number of esters is 1. The summed E-state index contributed by atoms with van der Waals surface area (Å²) in [6, 6.07) is 19.9. The van der Waals surface area contributed by atoms with E-state index in [9.17, 15) is 9.90 Å². The Bertz CT molecular complexity index is 779. The highest BCUT2D eigenvalue weighted by molar-refractivity contribution is 5.95. The van der Waals surface area contributed by atoms with Gasteiger partial charge >= 0.3 is 5.97 Å². The van der Waals surface area contributed by atoms with E-state index in [1.165, 1.54) is 0 Å². The third-order valence-corrected chi connectivity index (χ3v) is 3.27. The molecule has 0 fully saturated rings. The molecule has 0 aromatic heterocycles. The SMILES string of the molecule is O=C(OCc1ccccc1)c1ccc2cc(O)ccc2c1. The lowest BCUT2D eigenvalue weighted by molar-refractivity contribution is 0.0473. The van der Waals surface area contributed by atoms with Crippen LogP contribution in [0, 0.1) is 0 Å². The Hall–Kier alpha value is -2.81. The van der Waals surface area contributed by atoms with Gasteiger partial charge in [-0.05, 0) is 40.6 Å². The third-order valence-electron chi connectivity index (χ3n) is 3.27. The average molecular weight is 278 g/mol. The molecule has 0 heterocycles. The topological polar surface area (TPSA) is 46.5 Å². The molecule has 0 aliphatic heterocycles. The molecule has 0 aliphatic rings. The van der Waals surface area contributed by atoms with Crippen LogP contribution in [0.25, 0.3) is 10.8 Å². The first kappa shape index (κ1) is 13.2. The molecule has 3 aromatic carbocycles. The molecule has 0 atom stereocenters. The van der Waals surface area contributed by atoms with Crippen molar-refractivity contribution in [3.05, 3.63) is 77.9 Å². The van der Waals surface area contributed by atoms with Gasteiger partial charge in [-0.1, -0.05) is 42.5 Å². The number of phenolic OH excluding ortho intramolecular Hbond substituents is 1. The standard InChI is InChI=1S/C18H14O3/c19-17-9-8-14-10-16(7-6-15(14)11-17)18(20)21-12-13-4-2-1-3-5-13/h1-11,19H,12H2. The molecule has 0 radical (unpaired) electrons. The number of benzene rings is 3. The van der Waals surface area contributed by atoms with E-state index in [-0.39, 0.29) is 18.3 Å². The molecule has 0 aliphatic carbocycles. The number of carbonyl (C=O) groups excluding carboxylic acids is 1. The van der Waals surface area contributed by atoms with Gasteiger partial charge in [0.05, 0.1) is 5.56 Å². The van der Waals surface area contributed by atoms with Crippen LogP contribution in [0.2, 0.25) is 0 Å². The third kappa shape index (κ3) is 3.03. The zero-order chi connectivity index (χ0) is 14.7. The van der Waals surface area contributed by atoms with Crippen LogP contribution in [0.3, 0.4) is 0 Å². The van der Waals surface area contributed by atoms with Crippen molar-refractivity contribution in [2.45, 2.75) is 6.61 Å². The second kappa shape index (κ2) is 5.67. The summed E-state index contributed by atoms with van der Waals surface area (Å²) in [6.45, 7) is 0.257. The van der Waals surface area contributed by atoms with E-state index in [1.807, 2.05) is 30.3 Å². The van der Waals surface area contributed by atoms with Crippen LogP contribution < -0.4 is 0 Å². The van der Waals surface area contributed by atoms with E-state index in [2.05, 4.69) is 0 Å². The molecular weight excluding hydrogens is 264 g/mol. The van der Waals surface area contributed by atoms with Crippen LogP contribution in [0.15, 0.2) is 66.7 Å². The Morgan fingerprint density at radius 3 is 2.43 bits per heavy atom. The first-order chi connectivity index (χ1) is 10.2. The molecule has 104 valence electrons. The molecule has 0 unspecified atom stereocenters. The van der Waals surface area contributed by atoms with Crippen LogP contribution >= 0.6 is 0 Å². The minimum Gasteiger partial charge on any atom is -0.508 e. The maximum Gasteiger partial charge on any atom is 0.338 e. The van der Waals surface area contributed by atoms with E-state index in [0.29, 0.717) is 5.56 Å². The second-order valence-electron chi connectivity index (χ2n) is 4.81. The van der Waals surface area contributed by atoms with Crippen LogP contribution in [0.1, 0.15) is 15.9 Å². The zero-order valence-electron chi connectivity index (χ0n) is 11.3. The predicted octanol–water partition coefficient (Wildman–Crippen LogP) is 3.90. The van der Waals surface area contributed by atoms with Gasteiger partial charge in [0.1, 0.15) is 12.4 Å². The van der Waals surface area contributed by atoms with Crippen molar-refractivity contribution in [3.63, 3.8) is 0 Å². The van der Waals surface area contributed by atoms with Gasteiger partial charge in [0.15, 0.2) is 0 Å². The molecular formula is C18H14O3. The highest BCUT2D eigenvalue weighted by Gasteiger charge is 2.08. The average Bonchev–Trinajstić information content (AvgIpc) is 2.53. The minimum atomic E-state index is -0.353. The van der Waals surface area contributed by atoms with Crippen molar-refractivity contribution >= 4 is 16.7 Å². The predicted molar refractivity (Wildman–Crippen MR) is 81.2 cm³/mol. The molecule has 0 saturated heterocycles. The Kier molecular flexibility index (Phi) is 3.56. The Morgan fingerprint density at radius 2 is 1.62 bits per heavy atom. The van der Waals surface area contributed by atoms with Crippen molar-refractivity contribution in [3.8, 4) is 5.75 Å². The van der Waals surface area contributed by atoms with Crippen LogP contribution in [0.4, 0.5) is 0 Å². The van der Waals surface area contributed by atoms with Gasteiger partial charge in [-0.3, -0.25) is 0 Å². The number of aromatic hydroxyl groups is 1. The highest BCUT2D eigenvalue weighted by atomic mass is 16.5. The maximum absolute atomic E-state index is 12.1. The molecule has 0 amide bonds. The summed E-state index contributed by atoms with van der Waals surface area (Å²) in [5.41, 5.74) is 1.46. The van der Waals surface area contributed by atoms with Crippen LogP contribution in [-0.4, -0.2) is 11.1 Å². The Balaban J connectivity index is 1.77. The summed E-state index contributed by atoms with van der Waals surface area (Å²) in [5, 5.41) is 11.2. The fourth-order valence-corrected chi connectivity index (χ4v) is 2.17. The summed E-state index contributed by atoms with van der Waals surface area (Å²) in [6.07, 6.45) is 0. The van der Waals surface area contributed by atoms with Gasteiger partial charge in [-0.2, -0.15) is 0 Å². The number of hydrogen-bond donors (Lipinski definition) is 1. The Labute approximate surface area is 122 Å². The number of rotatable bonds is 3. The lowest BCUT2D eigenvalue weighted by Crippen LogP contribution is -2.05. The fourth-order valence-electron chi connectivity index (χ4n) is 2.17. The maximum atomic E-state index is 12.1. The normalized spacial score (nSPS) is 10.5. The summed E-state index contributed by atoms with van der Waals surface area (Å²) >= 11 is 0. The number of carbonyl (C=O) groups is 1. The van der Waals surface area contributed by atoms with E-state index in [1.54, 1.807) is 36.4 Å². The number of hydrogen-bond acceptors (Lipinski definition) is 3. The second-order valence-corrected chi connectivity index (χ2v) is 4.81. The molecule has 3 nitrogen and oxygen atoms in total. The highest BCUT2D eigenvalue weighted by Crippen LogP contribution is 2.21. The summed E-state index contributed by atoms with van der Waals surface area (Å²) in [4.78, 5) is 12.1. The molecule has 1 N–H and O–H groups in total. The van der Waals surface area contributed by atoms with Crippen LogP contribution in [-0.2, 0) is 11.3 Å². The molecule has 21 heavy (non-hydrogen) atoms. The molecule has 3 heteroatoms. The Morgan fingerprint density at radius 1 is 0.905 bits per heavy atom. The number of ether oxygens (including phenoxy) is 1. The van der Waals surface area contributed by atoms with E-state index < -0.39 is 0 Å². The number of phenols is 1. The van der Waals surface area contributed by atoms with Gasteiger partial charge in [0, 0.05) is 0 Å². The van der Waals surface area contributed by atoms with E-state index >= 15 is 0 Å². The van der Waals surface area contributed by atoms with Crippen molar-refractivity contribution in [2.24, 2.45) is 0 Å². The lowest BCUT2D eigenvalue weighted by Gasteiger charge is -2.06. The van der Waals surface area contributed by atoms with Crippen molar-refractivity contribution in [1.82, 2.24) is 0 Å². The number of fused-ring (bicyclic) bond motifs is 1. The van der Waals surface area contributed by atoms with Gasteiger partial charge < -0.3 is 9.84 Å². The van der Waals surface area contributed by atoms with Gasteiger partial charge in [-0.15, -0.1) is 0 Å². The lowest BCUT2D eigenvalue weighted by atomic mass is 10.1. The van der Waals surface area contributed by atoms with Crippen LogP contribution in [0.5, 0.6) is 5.75 Å². The molecule has 0 spiro atoms. The molecule has 3 aromatic rings. The first-order valence-electron chi connectivity index (χ1n) is 6.66. The summed E-state index contributed by atoms with van der Waals surface area (Å²) < 4.78 is 5.30.